The molecule has 7 heteroatoms. The van der Waals surface area contributed by atoms with E-state index in [1.54, 1.807) is 6.92 Å². The van der Waals surface area contributed by atoms with Crippen LogP contribution in [0.3, 0.4) is 0 Å². The smallest absolute Gasteiger partial charge is 0.278 e. The van der Waals surface area contributed by atoms with Crippen LogP contribution in [0.5, 0.6) is 0 Å². The predicted molar refractivity (Wildman–Crippen MR) is 69.0 cm³/mol. The van der Waals surface area contributed by atoms with Gasteiger partial charge < -0.3 is 0 Å². The molecule has 1 aromatic carbocycles. The van der Waals surface area contributed by atoms with Crippen molar-refractivity contribution in [1.82, 2.24) is 4.90 Å². The van der Waals surface area contributed by atoms with Gasteiger partial charge in [-0.05, 0) is 24.1 Å². The molecule has 1 fully saturated rings. The normalized spacial score (nSPS) is 19.6. The van der Waals surface area contributed by atoms with Gasteiger partial charge in [0.2, 0.25) is 5.91 Å². The Hall–Kier alpha value is -1.37. The maximum absolute atomic E-state index is 13.0. The minimum atomic E-state index is -4.65. The first-order valence-electron chi connectivity index (χ1n) is 5.91. The van der Waals surface area contributed by atoms with Gasteiger partial charge in [0, 0.05) is 17.4 Å². The second-order valence-corrected chi connectivity index (χ2v) is 5.72. The van der Waals surface area contributed by atoms with Crippen LogP contribution in [0.25, 0.3) is 0 Å². The monoisotopic (exact) mass is 349 g/mol. The number of nitrogens with zero attached hydrogens (tertiary/aromatic N) is 1. The number of imide groups is 1. The topological polar surface area (TPSA) is 37.4 Å². The Kier molecular flexibility index (Phi) is 3.90. The molecule has 1 heterocycles. The highest BCUT2D eigenvalue weighted by molar-refractivity contribution is 9.10. The number of likely N-dealkylation sites (tertiary alicyclic amines) is 1. The van der Waals surface area contributed by atoms with E-state index in [0.717, 1.165) is 17.0 Å². The molecule has 1 aliphatic rings. The van der Waals surface area contributed by atoms with E-state index in [1.807, 2.05) is 0 Å². The van der Waals surface area contributed by atoms with Crippen LogP contribution in [0.2, 0.25) is 0 Å². The van der Waals surface area contributed by atoms with Crippen molar-refractivity contribution in [3.05, 3.63) is 33.8 Å². The molecule has 0 aromatic heterocycles. The lowest BCUT2D eigenvalue weighted by molar-refractivity contribution is -0.138. The fourth-order valence-corrected chi connectivity index (χ4v) is 2.53. The first kappa shape index (κ1) is 15.0. The molecule has 0 N–H and O–H groups in total. The lowest BCUT2D eigenvalue weighted by Gasteiger charge is -2.18. The number of rotatable bonds is 1. The summed E-state index contributed by atoms with van der Waals surface area (Å²) in [7, 11) is 0. The number of hydrogen-bond acceptors (Lipinski definition) is 2. The van der Waals surface area contributed by atoms with Gasteiger partial charge in [0.25, 0.3) is 5.91 Å². The van der Waals surface area contributed by atoms with Gasteiger partial charge in [-0.2, -0.15) is 13.2 Å². The summed E-state index contributed by atoms with van der Waals surface area (Å²) in [4.78, 5) is 24.7. The molecule has 1 saturated heterocycles. The van der Waals surface area contributed by atoms with Crippen molar-refractivity contribution in [2.45, 2.75) is 19.5 Å². The zero-order valence-electron chi connectivity index (χ0n) is 10.5. The van der Waals surface area contributed by atoms with Crippen molar-refractivity contribution in [1.29, 1.82) is 0 Å². The van der Waals surface area contributed by atoms with E-state index in [9.17, 15) is 22.8 Å². The summed E-state index contributed by atoms with van der Waals surface area (Å²) in [6, 6.07) is 3.29. The summed E-state index contributed by atoms with van der Waals surface area (Å²) < 4.78 is 39.1. The molecule has 0 saturated carbocycles. The van der Waals surface area contributed by atoms with Crippen molar-refractivity contribution in [3.63, 3.8) is 0 Å². The van der Waals surface area contributed by atoms with Crippen LogP contribution in [0.1, 0.15) is 29.3 Å². The van der Waals surface area contributed by atoms with Crippen molar-refractivity contribution < 1.29 is 22.8 Å². The van der Waals surface area contributed by atoms with Gasteiger partial charge >= 0.3 is 6.18 Å². The molecule has 0 radical (unpaired) electrons. The molecule has 0 aliphatic carbocycles. The third-order valence-electron chi connectivity index (χ3n) is 3.08. The summed E-state index contributed by atoms with van der Waals surface area (Å²) in [5.41, 5.74) is -1.53. The Labute approximate surface area is 121 Å². The first-order valence-corrected chi connectivity index (χ1v) is 6.71. The Morgan fingerprint density at radius 1 is 1.40 bits per heavy atom. The Balaban J connectivity index is 2.43. The molecule has 1 atom stereocenters. The number of hydrogen-bond donors (Lipinski definition) is 0. The molecule has 2 rings (SSSR count). The zero-order chi connectivity index (χ0) is 15.1. The van der Waals surface area contributed by atoms with Crippen LogP contribution in [-0.4, -0.2) is 23.3 Å². The number of halogens is 4. The molecule has 3 nitrogen and oxygen atoms in total. The molecule has 20 heavy (non-hydrogen) atoms. The summed E-state index contributed by atoms with van der Waals surface area (Å²) in [6.45, 7) is 1.93. The Bertz CT molecular complexity index is 571. The second kappa shape index (κ2) is 5.20. The largest absolute Gasteiger partial charge is 0.417 e. The molecule has 1 aromatic rings. The van der Waals surface area contributed by atoms with E-state index in [0.29, 0.717) is 0 Å². The first-order chi connectivity index (χ1) is 9.20. The third kappa shape index (κ3) is 2.87. The van der Waals surface area contributed by atoms with E-state index < -0.39 is 29.1 Å². The van der Waals surface area contributed by atoms with Gasteiger partial charge in [-0.25, -0.2) is 0 Å². The summed E-state index contributed by atoms with van der Waals surface area (Å²) in [5.74, 6) is -1.35. The predicted octanol–water partition coefficient (Wildman–Crippen LogP) is 3.48. The van der Waals surface area contributed by atoms with Crippen LogP contribution >= 0.6 is 15.9 Å². The van der Waals surface area contributed by atoms with Gasteiger partial charge in [-0.3, -0.25) is 14.5 Å². The van der Waals surface area contributed by atoms with Crippen molar-refractivity contribution in [2.75, 3.05) is 6.54 Å². The molecular weight excluding hydrogens is 339 g/mol. The number of benzene rings is 1. The molecule has 1 unspecified atom stereocenters. The minimum absolute atomic E-state index is 0.0313. The molecule has 0 spiro atoms. The highest BCUT2D eigenvalue weighted by Gasteiger charge is 2.39. The van der Waals surface area contributed by atoms with Gasteiger partial charge in [0.1, 0.15) is 0 Å². The van der Waals surface area contributed by atoms with Crippen molar-refractivity contribution in [3.8, 4) is 0 Å². The number of alkyl halides is 3. The molecular formula is C13H11BrF3NO2. The highest BCUT2D eigenvalue weighted by Crippen LogP contribution is 2.35. The fourth-order valence-electron chi connectivity index (χ4n) is 2.17. The van der Waals surface area contributed by atoms with Crippen LogP contribution < -0.4 is 0 Å². The van der Waals surface area contributed by atoms with Gasteiger partial charge in [0.15, 0.2) is 0 Å². The van der Waals surface area contributed by atoms with Crippen LogP contribution in [-0.2, 0) is 11.0 Å². The Morgan fingerprint density at radius 3 is 2.55 bits per heavy atom. The second-order valence-electron chi connectivity index (χ2n) is 4.81. The standard InChI is InChI=1S/C13H11BrF3NO2/c1-7-4-11(19)18(6-7)12(20)9-3-2-8(14)5-10(9)13(15,16)17/h2-3,5,7H,4,6H2,1H3. The molecule has 1 aliphatic heterocycles. The SMILES string of the molecule is CC1CC(=O)N(C(=O)c2ccc(Br)cc2C(F)(F)F)C1. The minimum Gasteiger partial charge on any atom is -0.278 e. The lowest BCUT2D eigenvalue weighted by Crippen LogP contribution is -2.33. The van der Waals surface area contributed by atoms with Gasteiger partial charge in [-0.1, -0.05) is 22.9 Å². The van der Waals surface area contributed by atoms with Gasteiger partial charge in [-0.15, -0.1) is 0 Å². The van der Waals surface area contributed by atoms with Crippen molar-refractivity contribution in [2.24, 2.45) is 5.92 Å². The van der Waals surface area contributed by atoms with Crippen LogP contribution in [0, 0.1) is 5.92 Å². The van der Waals surface area contributed by atoms with E-state index in [-0.39, 0.29) is 23.4 Å². The van der Waals surface area contributed by atoms with E-state index in [2.05, 4.69) is 15.9 Å². The summed E-state index contributed by atoms with van der Waals surface area (Å²) in [5, 5.41) is 0. The Morgan fingerprint density at radius 2 is 2.05 bits per heavy atom. The fraction of sp³-hybridized carbons (Fsp3) is 0.385. The average molecular weight is 350 g/mol. The maximum Gasteiger partial charge on any atom is 0.417 e. The van der Waals surface area contributed by atoms with Crippen LogP contribution in [0.4, 0.5) is 13.2 Å². The van der Waals surface area contributed by atoms with Crippen molar-refractivity contribution >= 4 is 27.7 Å². The van der Waals surface area contributed by atoms with E-state index >= 15 is 0 Å². The summed E-state index contributed by atoms with van der Waals surface area (Å²) >= 11 is 2.95. The maximum atomic E-state index is 13.0. The highest BCUT2D eigenvalue weighted by atomic mass is 79.9. The van der Waals surface area contributed by atoms with E-state index in [1.165, 1.54) is 6.07 Å². The third-order valence-corrected chi connectivity index (χ3v) is 3.57. The van der Waals surface area contributed by atoms with E-state index in [4.69, 9.17) is 0 Å². The number of amides is 2. The molecule has 0 bridgehead atoms. The average Bonchev–Trinajstić information content (AvgIpc) is 2.66. The van der Waals surface area contributed by atoms with Gasteiger partial charge in [0.05, 0.1) is 11.1 Å². The quantitative estimate of drug-likeness (QED) is 0.728. The molecule has 108 valence electrons. The zero-order valence-corrected chi connectivity index (χ0v) is 12.1. The lowest BCUT2D eigenvalue weighted by atomic mass is 10.1. The summed E-state index contributed by atoms with van der Waals surface area (Å²) in [6.07, 6.45) is -4.47. The van der Waals surface area contributed by atoms with Crippen LogP contribution in [0.15, 0.2) is 22.7 Å². The number of carbonyl (C=O) groups excluding carboxylic acids is 2. The number of carbonyl (C=O) groups is 2. The molecule has 2 amide bonds.